The van der Waals surface area contributed by atoms with Crippen LogP contribution in [-0.4, -0.2) is 43.4 Å². The third kappa shape index (κ3) is 2.43. The van der Waals surface area contributed by atoms with Gasteiger partial charge in [-0.2, -0.15) is 12.7 Å². The van der Waals surface area contributed by atoms with E-state index in [9.17, 15) is 13.2 Å². The Bertz CT molecular complexity index is 308. The molecular weight excluding hydrogens is 208 g/mol. The van der Waals surface area contributed by atoms with Crippen molar-refractivity contribution in [3.63, 3.8) is 0 Å². The molecule has 1 rings (SSSR count). The molecule has 1 aliphatic rings. The largest absolute Gasteiger partial charge is 0.481 e. The first kappa shape index (κ1) is 11.4. The van der Waals surface area contributed by atoms with E-state index < -0.39 is 22.1 Å². The molecule has 7 heteroatoms. The fourth-order valence-electron chi connectivity index (χ4n) is 1.11. The molecule has 1 heterocycles. The Labute approximate surface area is 83.1 Å². The number of carbonyl (C=O) groups is 1. The first-order valence-electron chi connectivity index (χ1n) is 4.45. The summed E-state index contributed by atoms with van der Waals surface area (Å²) in [6.45, 7) is 2.40. The molecule has 0 atom stereocenters. The lowest BCUT2D eigenvalue weighted by Gasteiger charge is -2.35. The number of aliphatic carboxylic acids is 1. The van der Waals surface area contributed by atoms with Crippen molar-refractivity contribution in [1.29, 1.82) is 0 Å². The fraction of sp³-hybridized carbons (Fsp3) is 0.857. The second-order valence-corrected chi connectivity index (χ2v) is 5.01. The van der Waals surface area contributed by atoms with E-state index in [4.69, 9.17) is 5.11 Å². The van der Waals surface area contributed by atoms with Crippen molar-refractivity contribution in [2.24, 2.45) is 5.92 Å². The highest BCUT2D eigenvalue weighted by Crippen LogP contribution is 2.18. The van der Waals surface area contributed by atoms with Gasteiger partial charge in [0.15, 0.2) is 0 Å². The second kappa shape index (κ2) is 4.24. The smallest absolute Gasteiger partial charge is 0.309 e. The highest BCUT2D eigenvalue weighted by molar-refractivity contribution is 7.87. The molecule has 0 amide bonds. The average molecular weight is 222 g/mol. The van der Waals surface area contributed by atoms with Crippen molar-refractivity contribution in [1.82, 2.24) is 9.03 Å². The van der Waals surface area contributed by atoms with E-state index in [1.165, 1.54) is 0 Å². The molecule has 82 valence electrons. The molecule has 6 nitrogen and oxygen atoms in total. The molecule has 0 spiro atoms. The first-order valence-corrected chi connectivity index (χ1v) is 5.89. The summed E-state index contributed by atoms with van der Waals surface area (Å²) in [4.78, 5) is 10.4. The topological polar surface area (TPSA) is 86.7 Å². The van der Waals surface area contributed by atoms with E-state index in [1.54, 1.807) is 0 Å². The molecule has 1 aliphatic heterocycles. The van der Waals surface area contributed by atoms with E-state index in [0.29, 0.717) is 6.54 Å². The summed E-state index contributed by atoms with van der Waals surface area (Å²) in [7, 11) is -3.43. The first-order chi connectivity index (χ1) is 6.47. The van der Waals surface area contributed by atoms with Gasteiger partial charge in [0, 0.05) is 19.6 Å². The van der Waals surface area contributed by atoms with Crippen LogP contribution in [0.3, 0.4) is 0 Å². The maximum absolute atomic E-state index is 11.4. The third-order valence-corrected chi connectivity index (χ3v) is 3.62. The average Bonchev–Trinajstić information content (AvgIpc) is 1.96. The van der Waals surface area contributed by atoms with Gasteiger partial charge in [-0.25, -0.2) is 4.72 Å². The number of nitrogens with one attached hydrogen (secondary N) is 1. The van der Waals surface area contributed by atoms with E-state index in [0.717, 1.165) is 10.7 Å². The second-order valence-electron chi connectivity index (χ2n) is 3.25. The van der Waals surface area contributed by atoms with Crippen LogP contribution in [0.1, 0.15) is 13.3 Å². The Morgan fingerprint density at radius 3 is 2.57 bits per heavy atom. The molecule has 0 aromatic rings. The molecule has 0 bridgehead atoms. The Balaban J connectivity index is 2.42. The molecular formula is C7H14N2O4S. The molecule has 0 aliphatic carbocycles. The Morgan fingerprint density at radius 2 is 2.14 bits per heavy atom. The van der Waals surface area contributed by atoms with E-state index >= 15 is 0 Å². The standard InChI is InChI=1S/C7H14N2O4S/c1-2-3-8-14(12,13)9-4-6(5-9)7(10)11/h6,8H,2-5H2,1H3,(H,10,11). The summed E-state index contributed by atoms with van der Waals surface area (Å²) in [6.07, 6.45) is 0.718. The summed E-state index contributed by atoms with van der Waals surface area (Å²) in [5.41, 5.74) is 0. The van der Waals surface area contributed by atoms with E-state index in [2.05, 4.69) is 4.72 Å². The highest BCUT2D eigenvalue weighted by atomic mass is 32.2. The van der Waals surface area contributed by atoms with Gasteiger partial charge in [-0.3, -0.25) is 4.79 Å². The molecule has 1 fully saturated rings. The maximum atomic E-state index is 11.4. The van der Waals surface area contributed by atoms with Gasteiger partial charge >= 0.3 is 5.97 Å². The monoisotopic (exact) mass is 222 g/mol. The van der Waals surface area contributed by atoms with Crippen molar-refractivity contribution in [3.8, 4) is 0 Å². The van der Waals surface area contributed by atoms with Crippen molar-refractivity contribution in [2.75, 3.05) is 19.6 Å². The minimum atomic E-state index is -3.43. The molecule has 0 saturated carbocycles. The van der Waals surface area contributed by atoms with Crippen molar-refractivity contribution in [3.05, 3.63) is 0 Å². The zero-order valence-electron chi connectivity index (χ0n) is 7.93. The molecule has 0 radical (unpaired) electrons. The lowest BCUT2D eigenvalue weighted by molar-refractivity contribution is -0.145. The van der Waals surface area contributed by atoms with Crippen LogP contribution in [0.5, 0.6) is 0 Å². The number of hydrogen-bond acceptors (Lipinski definition) is 3. The van der Waals surface area contributed by atoms with Crippen LogP contribution in [0.25, 0.3) is 0 Å². The quantitative estimate of drug-likeness (QED) is 0.640. The fourth-order valence-corrected chi connectivity index (χ4v) is 2.51. The summed E-state index contributed by atoms with van der Waals surface area (Å²) >= 11 is 0. The summed E-state index contributed by atoms with van der Waals surface area (Å²) < 4.78 is 26.2. The minimum absolute atomic E-state index is 0.0778. The van der Waals surface area contributed by atoms with Gasteiger partial charge in [0.05, 0.1) is 5.92 Å². The Hall–Kier alpha value is -0.660. The third-order valence-electron chi connectivity index (χ3n) is 2.07. The minimum Gasteiger partial charge on any atom is -0.481 e. The van der Waals surface area contributed by atoms with E-state index in [1.807, 2.05) is 6.92 Å². The number of hydrogen-bond donors (Lipinski definition) is 2. The van der Waals surface area contributed by atoms with Gasteiger partial charge in [-0.1, -0.05) is 6.92 Å². The molecule has 0 unspecified atom stereocenters. The molecule has 14 heavy (non-hydrogen) atoms. The highest BCUT2D eigenvalue weighted by Gasteiger charge is 2.39. The van der Waals surface area contributed by atoms with Crippen LogP contribution in [-0.2, 0) is 15.0 Å². The van der Waals surface area contributed by atoms with Gasteiger partial charge < -0.3 is 5.11 Å². The van der Waals surface area contributed by atoms with Crippen LogP contribution < -0.4 is 4.72 Å². The number of nitrogens with zero attached hydrogens (tertiary/aromatic N) is 1. The Kier molecular flexibility index (Phi) is 3.46. The lowest BCUT2D eigenvalue weighted by Crippen LogP contribution is -2.56. The normalized spacial score (nSPS) is 19.2. The predicted molar refractivity (Wildman–Crippen MR) is 49.9 cm³/mol. The van der Waals surface area contributed by atoms with Gasteiger partial charge in [-0.15, -0.1) is 0 Å². The number of carboxylic acid groups (broad SMARTS) is 1. The number of carboxylic acids is 1. The zero-order valence-corrected chi connectivity index (χ0v) is 8.75. The Morgan fingerprint density at radius 1 is 1.57 bits per heavy atom. The molecule has 1 saturated heterocycles. The van der Waals surface area contributed by atoms with E-state index in [-0.39, 0.29) is 13.1 Å². The molecule has 0 aromatic carbocycles. The SMILES string of the molecule is CCCNS(=O)(=O)N1CC(C(=O)O)C1. The summed E-state index contributed by atoms with van der Waals surface area (Å²) in [5, 5.41) is 8.55. The zero-order chi connectivity index (χ0) is 10.8. The van der Waals surface area contributed by atoms with Crippen LogP contribution in [0.2, 0.25) is 0 Å². The van der Waals surface area contributed by atoms with Crippen LogP contribution in [0.4, 0.5) is 0 Å². The number of rotatable bonds is 5. The van der Waals surface area contributed by atoms with Gasteiger partial charge in [0.2, 0.25) is 0 Å². The van der Waals surface area contributed by atoms with Crippen molar-refractivity contribution in [2.45, 2.75) is 13.3 Å². The molecule has 0 aromatic heterocycles. The van der Waals surface area contributed by atoms with Gasteiger partial charge in [-0.05, 0) is 6.42 Å². The lowest BCUT2D eigenvalue weighted by atomic mass is 10.0. The molecule has 2 N–H and O–H groups in total. The van der Waals surface area contributed by atoms with Crippen LogP contribution in [0.15, 0.2) is 0 Å². The summed E-state index contributed by atoms with van der Waals surface area (Å²) in [5.74, 6) is -1.49. The van der Waals surface area contributed by atoms with Gasteiger partial charge in [0.25, 0.3) is 10.2 Å². The van der Waals surface area contributed by atoms with Crippen LogP contribution in [0, 0.1) is 5.92 Å². The maximum Gasteiger partial charge on any atom is 0.309 e. The van der Waals surface area contributed by atoms with Crippen molar-refractivity contribution >= 4 is 16.2 Å². The predicted octanol–water partition coefficient (Wildman–Crippen LogP) is -0.753. The summed E-state index contributed by atoms with van der Waals surface area (Å²) in [6, 6.07) is 0. The van der Waals surface area contributed by atoms with Gasteiger partial charge in [0.1, 0.15) is 0 Å². The van der Waals surface area contributed by atoms with Crippen molar-refractivity contribution < 1.29 is 18.3 Å². The van der Waals surface area contributed by atoms with Crippen LogP contribution >= 0.6 is 0 Å².